The molecule has 0 saturated carbocycles. The lowest BCUT2D eigenvalue weighted by atomic mass is 9.82. The number of carboxylic acid groups (broad SMARTS) is 1. The topological polar surface area (TPSA) is 91.5 Å². The van der Waals surface area contributed by atoms with Gasteiger partial charge in [0.25, 0.3) is 0 Å². The van der Waals surface area contributed by atoms with Crippen LogP contribution in [-0.2, 0) is 17.6 Å². The number of rotatable bonds is 12. The van der Waals surface area contributed by atoms with Crippen LogP contribution in [0, 0.1) is 18.2 Å². The van der Waals surface area contributed by atoms with Crippen LogP contribution < -0.4 is 20.1 Å². The summed E-state index contributed by atoms with van der Waals surface area (Å²) in [5.74, 6) is 0.410. The predicted octanol–water partition coefficient (Wildman–Crippen LogP) is 9.15. The average molecular weight is 813 g/mol. The number of halogens is 5. The average Bonchev–Trinajstić information content (AvgIpc) is 3.19. The zero-order chi connectivity index (χ0) is 42.6. The molecule has 2 aliphatic heterocycles. The predicted molar refractivity (Wildman–Crippen MR) is 223 cm³/mol. The fourth-order valence-corrected chi connectivity index (χ4v) is 7.55. The molecule has 0 radical (unpaired) electrons. The van der Waals surface area contributed by atoms with Crippen LogP contribution in [-0.4, -0.2) is 101 Å². The Balaban J connectivity index is 0.000000281. The van der Waals surface area contributed by atoms with E-state index in [2.05, 4.69) is 52.6 Å². The second-order valence-electron chi connectivity index (χ2n) is 15.3. The van der Waals surface area contributed by atoms with Crippen LogP contribution in [0.4, 0.5) is 27.6 Å². The van der Waals surface area contributed by atoms with E-state index in [0.29, 0.717) is 12.0 Å². The van der Waals surface area contributed by atoms with Gasteiger partial charge in [-0.25, -0.2) is 4.39 Å². The van der Waals surface area contributed by atoms with E-state index in [-0.39, 0.29) is 30.0 Å². The molecule has 0 bridgehead atoms. The van der Waals surface area contributed by atoms with Crippen LogP contribution in [0.25, 0.3) is 27.6 Å². The smallest absolute Gasteiger partial charge is 0.379 e. The third-order valence-corrected chi connectivity index (χ3v) is 11.0. The molecule has 4 aromatic rings. The molecule has 0 spiro atoms. The highest BCUT2D eigenvalue weighted by atomic mass is 19.4. The normalized spacial score (nSPS) is 15.6. The molecule has 2 heterocycles. The maximum Gasteiger partial charge on any atom is 0.379 e. The Morgan fingerprint density at radius 1 is 0.914 bits per heavy atom. The van der Waals surface area contributed by atoms with Crippen LogP contribution in [0.5, 0.6) is 11.5 Å². The summed E-state index contributed by atoms with van der Waals surface area (Å²) >= 11 is 0. The van der Waals surface area contributed by atoms with Gasteiger partial charge in [-0.05, 0) is 115 Å². The number of likely N-dealkylation sites (N-methyl/N-ethyl adjacent to an activating group) is 1. The van der Waals surface area contributed by atoms with E-state index in [1.807, 2.05) is 44.2 Å². The summed E-state index contributed by atoms with van der Waals surface area (Å²) in [6.07, 6.45) is 3.21. The van der Waals surface area contributed by atoms with E-state index in [4.69, 9.17) is 20.3 Å². The molecule has 0 atom stereocenters. The Morgan fingerprint density at radius 3 is 2.03 bits per heavy atom. The van der Waals surface area contributed by atoms with E-state index in [9.17, 15) is 26.7 Å². The number of nitrogens with two attached hydrogens (primary N) is 1. The van der Waals surface area contributed by atoms with Crippen LogP contribution >= 0.6 is 0 Å². The summed E-state index contributed by atoms with van der Waals surface area (Å²) in [5, 5.41) is 11.2. The molecule has 0 amide bonds. The number of piperazine rings is 1. The van der Waals surface area contributed by atoms with Gasteiger partial charge in [0.2, 0.25) is 0 Å². The van der Waals surface area contributed by atoms with Crippen molar-refractivity contribution >= 4 is 28.1 Å². The van der Waals surface area contributed by atoms with Crippen LogP contribution in [0.1, 0.15) is 48.4 Å². The summed E-state index contributed by atoms with van der Waals surface area (Å²) in [5.41, 5.74) is 12.0. The highest BCUT2D eigenvalue weighted by Gasteiger charge is 2.30. The molecule has 3 N–H and O–H groups in total. The summed E-state index contributed by atoms with van der Waals surface area (Å²) in [6, 6.07) is 19.8. The second kappa shape index (κ2) is 21.2. The van der Waals surface area contributed by atoms with E-state index in [1.54, 1.807) is 20.3 Å². The number of anilines is 1. The molecule has 316 valence electrons. The van der Waals surface area contributed by atoms with Crippen molar-refractivity contribution < 1.29 is 41.3 Å². The number of hydrogen-bond acceptors (Lipinski definition) is 7. The number of aliphatic carboxylic acids is 1. The molecule has 2 saturated heterocycles. The number of aryl methyl sites for hydroxylation is 2. The fourth-order valence-electron chi connectivity index (χ4n) is 7.55. The number of alkyl halides is 4. The van der Waals surface area contributed by atoms with Crippen molar-refractivity contribution in [3.8, 4) is 22.6 Å². The van der Waals surface area contributed by atoms with E-state index in [1.165, 1.54) is 0 Å². The summed E-state index contributed by atoms with van der Waals surface area (Å²) < 4.78 is 68.0. The molecular weight excluding hydrogens is 756 g/mol. The van der Waals surface area contributed by atoms with Gasteiger partial charge in [0.05, 0.1) is 26.5 Å². The highest BCUT2D eigenvalue weighted by Crippen LogP contribution is 2.43. The number of nitrogens with zero attached hydrogens (tertiary/aromatic N) is 3. The molecule has 4 aromatic carbocycles. The van der Waals surface area contributed by atoms with Gasteiger partial charge in [-0.3, -0.25) is 9.18 Å². The van der Waals surface area contributed by atoms with Gasteiger partial charge in [0.1, 0.15) is 17.3 Å². The van der Waals surface area contributed by atoms with Gasteiger partial charge in [-0.1, -0.05) is 49.9 Å². The Morgan fingerprint density at radius 2 is 1.50 bits per heavy atom. The summed E-state index contributed by atoms with van der Waals surface area (Å²) in [4.78, 5) is 18.0. The SMILES string of the molecule is C=C(N)c1c(C)cc(N2CCN(C)CC2)cc1F.COc1cc(CCN2CCC(C)(CF)CC2)cc(OC)c1-c1cccc2c(CCC(=O)O)cccc12.FC(F)F. The largest absolute Gasteiger partial charge is 0.496 e. The summed E-state index contributed by atoms with van der Waals surface area (Å²) in [7, 11) is 5.45. The van der Waals surface area contributed by atoms with Crippen LogP contribution in [0.2, 0.25) is 0 Å². The van der Waals surface area contributed by atoms with E-state index < -0.39 is 12.6 Å². The third kappa shape index (κ3) is 12.3. The highest BCUT2D eigenvalue weighted by molar-refractivity contribution is 6.01. The molecule has 2 aliphatic rings. The van der Waals surface area contributed by atoms with Gasteiger partial charge in [-0.15, -0.1) is 0 Å². The van der Waals surface area contributed by atoms with Crippen LogP contribution in [0.3, 0.4) is 0 Å². The summed E-state index contributed by atoms with van der Waals surface area (Å²) in [6.45, 7) is 10.2. The van der Waals surface area contributed by atoms with Gasteiger partial charge in [-0.2, -0.15) is 13.2 Å². The Labute approximate surface area is 339 Å². The van der Waals surface area contributed by atoms with Crippen molar-refractivity contribution in [2.45, 2.75) is 52.6 Å². The van der Waals surface area contributed by atoms with Gasteiger partial charge in [0.15, 0.2) is 0 Å². The van der Waals surface area contributed by atoms with Gasteiger partial charge >= 0.3 is 12.6 Å². The molecule has 0 unspecified atom stereocenters. The lowest BCUT2D eigenvalue weighted by Crippen LogP contribution is -2.44. The molecule has 6 rings (SSSR count). The number of benzene rings is 4. The third-order valence-electron chi connectivity index (χ3n) is 11.0. The van der Waals surface area contributed by atoms with Crippen molar-refractivity contribution in [2.24, 2.45) is 11.1 Å². The quantitative estimate of drug-likeness (QED) is 0.137. The monoisotopic (exact) mass is 812 g/mol. The van der Waals surface area contributed by atoms with Gasteiger partial charge in [0, 0.05) is 56.1 Å². The molecule has 0 aromatic heterocycles. The number of ether oxygens (including phenoxy) is 2. The number of carbonyl (C=O) groups is 1. The number of fused-ring (bicyclic) bond motifs is 1. The first kappa shape index (κ1) is 45.8. The molecule has 0 aliphatic carbocycles. The number of hydrogen-bond donors (Lipinski definition) is 2. The van der Waals surface area contributed by atoms with Crippen LogP contribution in [0.15, 0.2) is 67.2 Å². The van der Waals surface area contributed by atoms with Crippen molar-refractivity contribution in [2.75, 3.05) is 78.7 Å². The van der Waals surface area contributed by atoms with Crippen molar-refractivity contribution in [1.29, 1.82) is 0 Å². The van der Waals surface area contributed by atoms with Crippen molar-refractivity contribution in [3.05, 3.63) is 95.3 Å². The van der Waals surface area contributed by atoms with Crippen molar-refractivity contribution in [3.63, 3.8) is 0 Å². The number of methoxy groups -OCH3 is 2. The Hall–Kier alpha value is -4.88. The fraction of sp³-hybridized carbons (Fsp3) is 0.444. The van der Waals surface area contributed by atoms with E-state index >= 15 is 0 Å². The molecule has 58 heavy (non-hydrogen) atoms. The number of likely N-dealkylation sites (tertiary alicyclic amines) is 1. The minimum atomic E-state index is -3.67. The maximum atomic E-state index is 14.0. The molecular formula is C45H57F5N4O4. The molecule has 13 heteroatoms. The minimum Gasteiger partial charge on any atom is -0.496 e. The standard InChI is InChI=1S/C30H36FNO4.C14H20FN3.CHF3/c1-30(20-31)13-16-32(17-14-30)15-12-21-18-26(35-2)29(27(19-21)36-3)25-9-5-7-23-22(10-11-28(33)34)6-4-8-24(23)25;1-10-8-12(9-13(15)14(10)11(2)16)18-6-4-17(3)5-7-18;2-1(3)4/h4-9,18-19H,10-17,20H2,1-3H3,(H,33,34);8-9H,2,4-7,16H2,1,3H3;1H. The molecule has 8 nitrogen and oxygen atoms in total. The lowest BCUT2D eigenvalue weighted by Gasteiger charge is -2.37. The maximum absolute atomic E-state index is 14.0. The number of piperidine rings is 1. The minimum absolute atomic E-state index is 0.0920. The first-order valence-corrected chi connectivity index (χ1v) is 19.5. The number of carboxylic acids is 1. The Kier molecular flexibility index (Phi) is 16.8. The second-order valence-corrected chi connectivity index (χ2v) is 15.3. The zero-order valence-electron chi connectivity index (χ0n) is 34.2. The molecule has 2 fully saturated rings. The zero-order valence-corrected chi connectivity index (χ0v) is 34.2. The van der Waals surface area contributed by atoms with E-state index in [0.717, 1.165) is 121 Å². The lowest BCUT2D eigenvalue weighted by molar-refractivity contribution is -0.136. The van der Waals surface area contributed by atoms with Gasteiger partial charge < -0.3 is 35.0 Å². The van der Waals surface area contributed by atoms with Crippen molar-refractivity contribution in [1.82, 2.24) is 9.80 Å². The Bertz CT molecular complexity index is 1940. The first-order chi connectivity index (χ1) is 27.6. The first-order valence-electron chi connectivity index (χ1n) is 19.5.